The Morgan fingerprint density at radius 1 is 1.04 bits per heavy atom. The van der Waals surface area contributed by atoms with E-state index < -0.39 is 12.2 Å². The van der Waals surface area contributed by atoms with Crippen LogP contribution in [0.4, 0.5) is 13.2 Å². The Balaban J connectivity index is 2.17. The average Bonchev–Trinajstić information content (AvgIpc) is 2.93. The van der Waals surface area contributed by atoms with Gasteiger partial charge in [0.15, 0.2) is 0 Å². The zero-order valence-electron chi connectivity index (χ0n) is 17.6. The molecule has 0 aliphatic heterocycles. The monoisotopic (exact) mass is 388 g/mol. The summed E-state index contributed by atoms with van der Waals surface area (Å²) in [5.41, 5.74) is 3.51. The van der Waals surface area contributed by atoms with Crippen molar-refractivity contribution in [3.8, 4) is 11.1 Å². The summed E-state index contributed by atoms with van der Waals surface area (Å²) < 4.78 is 41.2. The Labute approximate surface area is 167 Å². The van der Waals surface area contributed by atoms with Crippen molar-refractivity contribution in [1.29, 1.82) is 0 Å². The Bertz CT molecular complexity index is 843. The van der Waals surface area contributed by atoms with Gasteiger partial charge in [-0.15, -0.1) is 0 Å². The topological polar surface area (TPSA) is 0 Å². The number of alkyl halides is 2. The van der Waals surface area contributed by atoms with Gasteiger partial charge in [-0.05, 0) is 64.8 Å². The van der Waals surface area contributed by atoms with E-state index in [1.54, 1.807) is 0 Å². The second kappa shape index (κ2) is 7.57. The van der Waals surface area contributed by atoms with Crippen LogP contribution in [-0.2, 0) is 6.42 Å². The van der Waals surface area contributed by atoms with Gasteiger partial charge in [0.05, 0.1) is 0 Å². The summed E-state index contributed by atoms with van der Waals surface area (Å²) in [4.78, 5) is 0. The van der Waals surface area contributed by atoms with Gasteiger partial charge in [0, 0.05) is 11.1 Å². The van der Waals surface area contributed by atoms with Crippen LogP contribution in [0.1, 0.15) is 82.9 Å². The predicted molar refractivity (Wildman–Crippen MR) is 110 cm³/mol. The normalized spacial score (nSPS) is 19.4. The van der Waals surface area contributed by atoms with Gasteiger partial charge in [0.2, 0.25) is 0 Å². The van der Waals surface area contributed by atoms with Crippen molar-refractivity contribution in [3.05, 3.63) is 58.9 Å². The van der Waals surface area contributed by atoms with Crippen molar-refractivity contribution in [1.82, 2.24) is 0 Å². The van der Waals surface area contributed by atoms with E-state index in [4.69, 9.17) is 0 Å². The molecule has 1 aliphatic rings. The molecule has 3 rings (SSSR count). The first kappa shape index (κ1) is 21.0. The second-order valence-electron chi connectivity index (χ2n) is 10.1. The highest BCUT2D eigenvalue weighted by Crippen LogP contribution is 2.51. The van der Waals surface area contributed by atoms with E-state index >= 15 is 0 Å². The van der Waals surface area contributed by atoms with Crippen molar-refractivity contribution >= 4 is 0 Å². The molecule has 1 saturated carbocycles. The minimum atomic E-state index is -2.61. The second-order valence-corrected chi connectivity index (χ2v) is 10.1. The van der Waals surface area contributed by atoms with Gasteiger partial charge in [-0.3, -0.25) is 0 Å². The third-order valence-corrected chi connectivity index (χ3v) is 6.02. The lowest BCUT2D eigenvalue weighted by Gasteiger charge is -2.30. The fourth-order valence-corrected chi connectivity index (χ4v) is 4.66. The molecule has 0 heterocycles. The van der Waals surface area contributed by atoms with Crippen LogP contribution in [0.25, 0.3) is 11.1 Å². The molecule has 0 aromatic heterocycles. The molecule has 0 nitrogen and oxygen atoms in total. The van der Waals surface area contributed by atoms with Gasteiger partial charge in [-0.1, -0.05) is 65.3 Å². The molecule has 0 radical (unpaired) electrons. The van der Waals surface area contributed by atoms with Crippen molar-refractivity contribution in [2.24, 2.45) is 10.8 Å². The number of rotatable bonds is 4. The zero-order valence-corrected chi connectivity index (χ0v) is 17.6. The van der Waals surface area contributed by atoms with Crippen LogP contribution >= 0.6 is 0 Å². The highest BCUT2D eigenvalue weighted by Gasteiger charge is 2.37. The van der Waals surface area contributed by atoms with E-state index in [9.17, 15) is 13.2 Å². The minimum absolute atomic E-state index is 0.117. The smallest absolute Gasteiger partial charge is 0.206 e. The van der Waals surface area contributed by atoms with Crippen molar-refractivity contribution in [2.45, 2.75) is 72.6 Å². The molecule has 1 atom stereocenters. The summed E-state index contributed by atoms with van der Waals surface area (Å²) in [7, 11) is 0. The van der Waals surface area contributed by atoms with Crippen LogP contribution in [0.15, 0.2) is 36.4 Å². The van der Waals surface area contributed by atoms with Gasteiger partial charge in [-0.2, -0.15) is 0 Å². The number of hydrogen-bond donors (Lipinski definition) is 0. The maximum absolute atomic E-state index is 14.7. The SMILES string of the molecule is CC(C)(C)Cc1ccc(-c2cc(C(F)F)ccc2F)c([C@@H]2CCCC2(C)C)c1. The Hall–Kier alpha value is -1.77. The zero-order chi connectivity index (χ0) is 20.7. The largest absolute Gasteiger partial charge is 0.263 e. The van der Waals surface area contributed by atoms with Crippen LogP contribution < -0.4 is 0 Å². The highest BCUT2D eigenvalue weighted by molar-refractivity contribution is 5.70. The van der Waals surface area contributed by atoms with E-state index in [-0.39, 0.29) is 22.0 Å². The summed E-state index contributed by atoms with van der Waals surface area (Å²) in [6.07, 6.45) is 1.63. The lowest BCUT2D eigenvalue weighted by Crippen LogP contribution is -2.17. The number of hydrogen-bond acceptors (Lipinski definition) is 0. The fourth-order valence-electron chi connectivity index (χ4n) is 4.66. The maximum Gasteiger partial charge on any atom is 0.263 e. The van der Waals surface area contributed by atoms with Gasteiger partial charge in [-0.25, -0.2) is 13.2 Å². The highest BCUT2D eigenvalue weighted by atomic mass is 19.3. The standard InChI is InChI=1S/C25H31F3/c1-24(2,3)15-16-8-10-18(19(13-16)21-7-6-12-25(21,4)5)20-14-17(23(27)28)9-11-22(20)26/h8-11,13-14,21,23H,6-7,12,15H2,1-5H3/t21-/m0/s1. The van der Waals surface area contributed by atoms with Crippen molar-refractivity contribution in [2.75, 3.05) is 0 Å². The molecule has 3 heteroatoms. The quantitative estimate of drug-likeness (QED) is 0.494. The molecule has 0 amide bonds. The molecule has 0 bridgehead atoms. The summed E-state index contributed by atoms with van der Waals surface area (Å²) >= 11 is 0. The van der Waals surface area contributed by atoms with E-state index in [1.807, 2.05) is 12.1 Å². The van der Waals surface area contributed by atoms with Crippen LogP contribution in [0, 0.1) is 16.6 Å². The maximum atomic E-state index is 14.7. The molecule has 0 N–H and O–H groups in total. The minimum Gasteiger partial charge on any atom is -0.206 e. The van der Waals surface area contributed by atoms with Crippen molar-refractivity contribution < 1.29 is 13.2 Å². The molecule has 28 heavy (non-hydrogen) atoms. The molecule has 0 unspecified atom stereocenters. The molecule has 2 aromatic carbocycles. The van der Waals surface area contributed by atoms with E-state index in [1.165, 1.54) is 23.8 Å². The summed E-state index contributed by atoms with van der Waals surface area (Å²) in [6.45, 7) is 11.1. The van der Waals surface area contributed by atoms with Gasteiger partial charge in [0.1, 0.15) is 5.82 Å². The molecule has 1 fully saturated rings. The van der Waals surface area contributed by atoms with Gasteiger partial charge < -0.3 is 0 Å². The molecule has 2 aromatic rings. The fraction of sp³-hybridized carbons (Fsp3) is 0.520. The van der Waals surface area contributed by atoms with Crippen LogP contribution in [0.3, 0.4) is 0 Å². The van der Waals surface area contributed by atoms with Crippen molar-refractivity contribution in [3.63, 3.8) is 0 Å². The van der Waals surface area contributed by atoms with Gasteiger partial charge in [0.25, 0.3) is 6.43 Å². The van der Waals surface area contributed by atoms with Crippen LogP contribution in [0.2, 0.25) is 0 Å². The third kappa shape index (κ3) is 4.45. The molecular formula is C25H31F3. The molecule has 0 saturated heterocycles. The van der Waals surface area contributed by atoms with Crippen LogP contribution in [0.5, 0.6) is 0 Å². The van der Waals surface area contributed by atoms with E-state index in [2.05, 4.69) is 40.7 Å². The number of halogens is 3. The number of benzene rings is 2. The van der Waals surface area contributed by atoms with Gasteiger partial charge >= 0.3 is 0 Å². The first-order chi connectivity index (χ1) is 13.0. The molecule has 0 spiro atoms. The van der Waals surface area contributed by atoms with E-state index in [0.29, 0.717) is 5.92 Å². The Kier molecular flexibility index (Phi) is 5.67. The Morgan fingerprint density at radius 2 is 1.75 bits per heavy atom. The molecular weight excluding hydrogens is 357 g/mol. The summed E-state index contributed by atoms with van der Waals surface area (Å²) in [6, 6.07) is 9.84. The predicted octanol–water partition coefficient (Wildman–Crippen LogP) is 8.31. The first-order valence-electron chi connectivity index (χ1n) is 10.2. The lowest BCUT2D eigenvalue weighted by molar-refractivity contribution is 0.151. The first-order valence-corrected chi connectivity index (χ1v) is 10.2. The molecule has 152 valence electrons. The summed E-state index contributed by atoms with van der Waals surface area (Å²) in [5.74, 6) is -0.137. The third-order valence-electron chi connectivity index (χ3n) is 6.02. The Morgan fingerprint density at radius 3 is 2.32 bits per heavy atom. The summed E-state index contributed by atoms with van der Waals surface area (Å²) in [5, 5.41) is 0. The average molecular weight is 389 g/mol. The van der Waals surface area contributed by atoms with Crippen LogP contribution in [-0.4, -0.2) is 0 Å². The molecule has 1 aliphatic carbocycles. The van der Waals surface area contributed by atoms with E-state index in [0.717, 1.165) is 36.8 Å². The lowest BCUT2D eigenvalue weighted by atomic mass is 9.74.